The highest BCUT2D eigenvalue weighted by Gasteiger charge is 2.02. The number of ether oxygens (including phenoxy) is 1. The van der Waals surface area contributed by atoms with Crippen LogP contribution < -0.4 is 10.2 Å². The van der Waals surface area contributed by atoms with Crippen molar-refractivity contribution in [1.82, 2.24) is 5.48 Å². The zero-order valence-electron chi connectivity index (χ0n) is 10.4. The molecule has 0 saturated carbocycles. The van der Waals surface area contributed by atoms with Gasteiger partial charge in [0.05, 0.1) is 0 Å². The van der Waals surface area contributed by atoms with Crippen LogP contribution in [0.3, 0.4) is 0 Å². The van der Waals surface area contributed by atoms with Gasteiger partial charge in [0, 0.05) is 16.7 Å². The molecule has 0 aliphatic heterocycles. The van der Waals surface area contributed by atoms with E-state index in [9.17, 15) is 4.79 Å². The summed E-state index contributed by atoms with van der Waals surface area (Å²) >= 11 is 5.81. The van der Waals surface area contributed by atoms with Gasteiger partial charge >= 0.3 is 0 Å². The van der Waals surface area contributed by atoms with Gasteiger partial charge in [-0.3, -0.25) is 10.0 Å². The van der Waals surface area contributed by atoms with Crippen LogP contribution in [0.25, 0.3) is 6.08 Å². The molecule has 2 N–H and O–H groups in total. The second-order valence-corrected chi connectivity index (χ2v) is 4.34. The maximum Gasteiger partial charge on any atom is 0.267 e. The van der Waals surface area contributed by atoms with Gasteiger partial charge in [-0.2, -0.15) is 0 Å². The molecule has 2 aromatic carbocycles. The number of hydrogen-bond acceptors (Lipinski definition) is 3. The van der Waals surface area contributed by atoms with Gasteiger partial charge in [0.25, 0.3) is 5.91 Å². The third-order valence-corrected chi connectivity index (χ3v) is 2.74. The summed E-state index contributed by atoms with van der Waals surface area (Å²) in [6, 6.07) is 14.2. The van der Waals surface area contributed by atoms with E-state index in [0.717, 1.165) is 0 Å². The average molecular weight is 290 g/mol. The molecule has 0 aliphatic rings. The van der Waals surface area contributed by atoms with E-state index in [2.05, 4.69) is 0 Å². The molecule has 5 heteroatoms. The molecule has 0 radical (unpaired) electrons. The van der Waals surface area contributed by atoms with Crippen molar-refractivity contribution in [1.29, 1.82) is 0 Å². The lowest BCUT2D eigenvalue weighted by molar-refractivity contribution is -0.124. The minimum Gasteiger partial charge on any atom is -0.457 e. The molecule has 2 rings (SSSR count). The molecular formula is C15H12ClNO3. The molecule has 2 aromatic rings. The number of nitrogens with one attached hydrogen (secondary N) is 1. The number of halogens is 1. The Bertz CT molecular complexity index is 623. The van der Waals surface area contributed by atoms with Crippen LogP contribution in [-0.4, -0.2) is 11.1 Å². The van der Waals surface area contributed by atoms with Gasteiger partial charge in [-0.25, -0.2) is 5.48 Å². The van der Waals surface area contributed by atoms with Gasteiger partial charge < -0.3 is 4.74 Å². The molecule has 0 fully saturated rings. The molecule has 4 nitrogen and oxygen atoms in total. The lowest BCUT2D eigenvalue weighted by Crippen LogP contribution is -2.14. The Labute approximate surface area is 121 Å². The van der Waals surface area contributed by atoms with Crippen LogP contribution in [0.4, 0.5) is 0 Å². The lowest BCUT2D eigenvalue weighted by Gasteiger charge is -2.08. The molecule has 0 spiro atoms. The topological polar surface area (TPSA) is 58.6 Å². The Morgan fingerprint density at radius 2 is 1.85 bits per heavy atom. The summed E-state index contributed by atoms with van der Waals surface area (Å²) in [7, 11) is 0. The fourth-order valence-corrected chi connectivity index (χ4v) is 1.67. The fraction of sp³-hybridized carbons (Fsp3) is 0. The third kappa shape index (κ3) is 3.85. The molecule has 0 aliphatic carbocycles. The summed E-state index contributed by atoms with van der Waals surface area (Å²) in [4.78, 5) is 11.0. The van der Waals surface area contributed by atoms with Crippen molar-refractivity contribution in [2.45, 2.75) is 0 Å². The Balaban J connectivity index is 2.21. The predicted molar refractivity (Wildman–Crippen MR) is 76.9 cm³/mol. The Kier molecular flexibility index (Phi) is 4.76. The summed E-state index contributed by atoms with van der Waals surface area (Å²) in [6.07, 6.45) is 2.76. The van der Waals surface area contributed by atoms with Gasteiger partial charge in [0.15, 0.2) is 0 Å². The number of benzene rings is 2. The Hall–Kier alpha value is -2.30. The van der Waals surface area contributed by atoms with E-state index in [0.29, 0.717) is 22.1 Å². The van der Waals surface area contributed by atoms with Crippen LogP contribution in [0.5, 0.6) is 11.5 Å². The highest BCUT2D eigenvalue weighted by atomic mass is 35.5. The van der Waals surface area contributed by atoms with Crippen molar-refractivity contribution in [3.8, 4) is 11.5 Å². The summed E-state index contributed by atoms with van der Waals surface area (Å²) in [6.45, 7) is 0. The zero-order chi connectivity index (χ0) is 14.4. The molecule has 1 amide bonds. The van der Waals surface area contributed by atoms with E-state index < -0.39 is 5.91 Å². The van der Waals surface area contributed by atoms with Crippen LogP contribution in [-0.2, 0) is 4.79 Å². The van der Waals surface area contributed by atoms with Gasteiger partial charge in [-0.05, 0) is 36.4 Å². The molecule has 0 aromatic heterocycles. The smallest absolute Gasteiger partial charge is 0.267 e. The maximum atomic E-state index is 11.0. The number of para-hydroxylation sites is 1. The first-order valence-corrected chi connectivity index (χ1v) is 6.21. The molecule has 20 heavy (non-hydrogen) atoms. The minimum absolute atomic E-state index is 0.594. The first-order chi connectivity index (χ1) is 9.69. The van der Waals surface area contributed by atoms with E-state index in [4.69, 9.17) is 21.5 Å². The molecule has 0 saturated heterocycles. The van der Waals surface area contributed by atoms with Gasteiger partial charge in [-0.15, -0.1) is 0 Å². The van der Waals surface area contributed by atoms with Crippen molar-refractivity contribution in [2.24, 2.45) is 0 Å². The number of rotatable bonds is 4. The van der Waals surface area contributed by atoms with Crippen LogP contribution in [0, 0.1) is 0 Å². The monoisotopic (exact) mass is 289 g/mol. The number of carbonyl (C=O) groups is 1. The first kappa shape index (κ1) is 14.1. The molecular weight excluding hydrogens is 278 g/mol. The maximum absolute atomic E-state index is 11.0. The van der Waals surface area contributed by atoms with E-state index in [1.807, 2.05) is 12.1 Å². The van der Waals surface area contributed by atoms with Crippen LogP contribution >= 0.6 is 11.6 Å². The van der Waals surface area contributed by atoms with Gasteiger partial charge in [0.1, 0.15) is 11.5 Å². The fourth-order valence-electron chi connectivity index (χ4n) is 1.54. The van der Waals surface area contributed by atoms with E-state index in [1.165, 1.54) is 11.6 Å². The molecule has 0 heterocycles. The third-order valence-electron chi connectivity index (χ3n) is 2.48. The van der Waals surface area contributed by atoms with Crippen molar-refractivity contribution in [2.75, 3.05) is 0 Å². The van der Waals surface area contributed by atoms with E-state index in [1.54, 1.807) is 42.5 Å². The molecule has 0 unspecified atom stereocenters. The van der Waals surface area contributed by atoms with Crippen molar-refractivity contribution < 1.29 is 14.7 Å². The second-order valence-electron chi connectivity index (χ2n) is 3.90. The average Bonchev–Trinajstić information content (AvgIpc) is 2.48. The van der Waals surface area contributed by atoms with Crippen LogP contribution in [0.1, 0.15) is 5.56 Å². The number of amides is 1. The largest absolute Gasteiger partial charge is 0.457 e. The molecule has 0 atom stereocenters. The summed E-state index contributed by atoms with van der Waals surface area (Å²) < 4.78 is 5.73. The van der Waals surface area contributed by atoms with Gasteiger partial charge in [-0.1, -0.05) is 29.8 Å². The van der Waals surface area contributed by atoms with Crippen molar-refractivity contribution in [3.63, 3.8) is 0 Å². The van der Waals surface area contributed by atoms with Crippen molar-refractivity contribution in [3.05, 3.63) is 65.2 Å². The second kappa shape index (κ2) is 6.75. The number of hydroxylamine groups is 1. The quantitative estimate of drug-likeness (QED) is 0.513. The van der Waals surface area contributed by atoms with Gasteiger partial charge in [0.2, 0.25) is 0 Å². The highest BCUT2D eigenvalue weighted by molar-refractivity contribution is 6.30. The summed E-state index contributed by atoms with van der Waals surface area (Å²) in [5.74, 6) is 0.630. The normalized spacial score (nSPS) is 10.5. The Morgan fingerprint density at radius 3 is 2.55 bits per heavy atom. The van der Waals surface area contributed by atoms with E-state index in [-0.39, 0.29) is 0 Å². The summed E-state index contributed by atoms with van der Waals surface area (Å²) in [5, 5.41) is 9.08. The number of hydrogen-bond donors (Lipinski definition) is 2. The standard InChI is InChI=1S/C15H12ClNO3/c16-12-6-8-13(9-7-12)20-14-4-2-1-3-11(14)5-10-15(18)17-19/h1-10,19H,(H,17,18). The Morgan fingerprint density at radius 1 is 1.15 bits per heavy atom. The minimum atomic E-state index is -0.605. The lowest BCUT2D eigenvalue weighted by atomic mass is 10.2. The molecule has 0 bridgehead atoms. The predicted octanol–water partition coefficient (Wildman–Crippen LogP) is 3.65. The van der Waals surface area contributed by atoms with Crippen LogP contribution in [0.2, 0.25) is 5.02 Å². The van der Waals surface area contributed by atoms with Crippen molar-refractivity contribution >= 4 is 23.6 Å². The first-order valence-electron chi connectivity index (χ1n) is 5.83. The van der Waals surface area contributed by atoms with Crippen LogP contribution in [0.15, 0.2) is 54.6 Å². The van der Waals surface area contributed by atoms with E-state index >= 15 is 0 Å². The number of carbonyl (C=O) groups excluding carboxylic acids is 1. The SMILES string of the molecule is O=C(C=Cc1ccccc1Oc1ccc(Cl)cc1)NO. The summed E-state index contributed by atoms with van der Waals surface area (Å²) in [5.41, 5.74) is 2.24. The molecule has 102 valence electrons. The zero-order valence-corrected chi connectivity index (χ0v) is 11.2. The highest BCUT2D eigenvalue weighted by Crippen LogP contribution is 2.27.